The fraction of sp³-hybridized carbons (Fsp3) is 0.968. The second-order valence-electron chi connectivity index (χ2n) is 13.3. The van der Waals surface area contributed by atoms with E-state index in [0.717, 1.165) is 45.1 Å². The van der Waals surface area contributed by atoms with Crippen molar-refractivity contribution in [2.24, 2.45) is 46.8 Å². The Morgan fingerprint density at radius 3 is 2.61 bits per heavy atom. The van der Waals surface area contributed by atoms with Gasteiger partial charge in [0, 0.05) is 13.0 Å². The molecule has 1 heterocycles. The molecular weight excluding hydrogens is 452 g/mol. The molecule has 0 aromatic carbocycles. The predicted molar refractivity (Wildman–Crippen MR) is 142 cm³/mol. The zero-order valence-electron chi connectivity index (χ0n) is 23.5. The topological polar surface area (TPSA) is 76.0 Å². The Morgan fingerprint density at radius 1 is 1.11 bits per heavy atom. The highest BCUT2D eigenvalue weighted by molar-refractivity contribution is 5.66. The fourth-order valence-corrected chi connectivity index (χ4v) is 9.39. The van der Waals surface area contributed by atoms with E-state index in [1.807, 2.05) is 0 Å². The second kappa shape index (κ2) is 12.5. The molecular formula is C31H54O5. The van der Waals surface area contributed by atoms with Crippen molar-refractivity contribution in [3.05, 3.63) is 0 Å². The van der Waals surface area contributed by atoms with Crippen molar-refractivity contribution < 1.29 is 24.5 Å². The SMILES string of the molecule is CC[C@@H]1[C@@H](C)C[C@H](OC2CCCCO2)CCCC2CC[C@@]3(C)C(CCC3[C@H](C)CCC(=O)O)C2[C@@H]1O. The van der Waals surface area contributed by atoms with Crippen LogP contribution < -0.4 is 0 Å². The Morgan fingerprint density at radius 2 is 1.92 bits per heavy atom. The molecule has 208 valence electrons. The van der Waals surface area contributed by atoms with Crippen molar-refractivity contribution in [3.63, 3.8) is 0 Å². The summed E-state index contributed by atoms with van der Waals surface area (Å²) >= 11 is 0. The molecule has 0 amide bonds. The van der Waals surface area contributed by atoms with Gasteiger partial charge in [-0.15, -0.1) is 0 Å². The minimum atomic E-state index is -0.676. The second-order valence-corrected chi connectivity index (χ2v) is 13.3. The van der Waals surface area contributed by atoms with E-state index in [4.69, 9.17) is 9.47 Å². The van der Waals surface area contributed by atoms with Crippen LogP contribution in [0.1, 0.15) is 118 Å². The highest BCUT2D eigenvalue weighted by atomic mass is 16.7. The predicted octanol–water partition coefficient (Wildman–Crippen LogP) is 7.06. The number of aliphatic carboxylic acids is 1. The molecule has 0 aromatic rings. The lowest BCUT2D eigenvalue weighted by Gasteiger charge is -2.53. The largest absolute Gasteiger partial charge is 0.481 e. The van der Waals surface area contributed by atoms with Gasteiger partial charge in [-0.25, -0.2) is 0 Å². The van der Waals surface area contributed by atoms with Crippen molar-refractivity contribution in [1.29, 1.82) is 0 Å². The van der Waals surface area contributed by atoms with Crippen molar-refractivity contribution in [1.82, 2.24) is 0 Å². The van der Waals surface area contributed by atoms with E-state index >= 15 is 0 Å². The van der Waals surface area contributed by atoms with E-state index in [9.17, 15) is 15.0 Å². The van der Waals surface area contributed by atoms with Gasteiger partial charge in [0.25, 0.3) is 0 Å². The molecule has 36 heavy (non-hydrogen) atoms. The van der Waals surface area contributed by atoms with Crippen LogP contribution in [-0.2, 0) is 14.3 Å². The molecule has 4 aliphatic rings. The molecule has 0 aromatic heterocycles. The monoisotopic (exact) mass is 506 g/mol. The van der Waals surface area contributed by atoms with Crippen LogP contribution in [0.2, 0.25) is 0 Å². The molecule has 0 bridgehead atoms. The van der Waals surface area contributed by atoms with Gasteiger partial charge in [-0.05, 0) is 117 Å². The first-order valence-electron chi connectivity index (χ1n) is 15.4. The van der Waals surface area contributed by atoms with E-state index in [2.05, 4.69) is 27.7 Å². The lowest BCUT2D eigenvalue weighted by atomic mass is 9.53. The van der Waals surface area contributed by atoms with Crippen LogP contribution in [0.3, 0.4) is 0 Å². The first-order valence-corrected chi connectivity index (χ1v) is 15.4. The molecule has 4 fully saturated rings. The maximum Gasteiger partial charge on any atom is 0.303 e. The molecule has 5 heteroatoms. The molecule has 2 N–H and O–H groups in total. The highest BCUT2D eigenvalue weighted by Gasteiger charge is 2.57. The number of rotatable bonds is 7. The number of ether oxygens (including phenoxy) is 2. The van der Waals surface area contributed by atoms with Crippen LogP contribution >= 0.6 is 0 Å². The third-order valence-electron chi connectivity index (χ3n) is 11.3. The summed E-state index contributed by atoms with van der Waals surface area (Å²) in [5.74, 6) is 2.61. The summed E-state index contributed by atoms with van der Waals surface area (Å²) in [5, 5.41) is 21.3. The van der Waals surface area contributed by atoms with Crippen LogP contribution in [0.4, 0.5) is 0 Å². The van der Waals surface area contributed by atoms with Gasteiger partial charge < -0.3 is 19.7 Å². The minimum Gasteiger partial charge on any atom is -0.481 e. The third kappa shape index (κ3) is 6.15. The molecule has 4 rings (SSSR count). The number of aliphatic hydroxyl groups excluding tert-OH is 1. The molecule has 3 saturated carbocycles. The summed E-state index contributed by atoms with van der Waals surface area (Å²) in [6, 6.07) is 0. The molecule has 11 atom stereocenters. The van der Waals surface area contributed by atoms with E-state index in [0.29, 0.717) is 41.4 Å². The average molecular weight is 507 g/mol. The molecule has 0 radical (unpaired) electrons. The lowest BCUT2D eigenvalue weighted by Crippen LogP contribution is -2.50. The van der Waals surface area contributed by atoms with Gasteiger partial charge >= 0.3 is 5.97 Å². The number of carboxylic acids is 1. The first kappa shape index (κ1) is 28.4. The molecule has 0 spiro atoms. The highest BCUT2D eigenvalue weighted by Crippen LogP contribution is 2.63. The first-order chi connectivity index (χ1) is 17.2. The summed E-state index contributed by atoms with van der Waals surface area (Å²) in [5.41, 5.74) is 0.232. The summed E-state index contributed by atoms with van der Waals surface area (Å²) in [4.78, 5) is 11.2. The summed E-state index contributed by atoms with van der Waals surface area (Å²) in [6.45, 7) is 10.2. The molecule has 1 aliphatic heterocycles. The van der Waals surface area contributed by atoms with Crippen LogP contribution in [0.25, 0.3) is 0 Å². The van der Waals surface area contributed by atoms with Gasteiger partial charge in [0.05, 0.1) is 12.2 Å². The number of aliphatic hydroxyl groups is 1. The van der Waals surface area contributed by atoms with E-state index < -0.39 is 5.97 Å². The normalized spacial score (nSPS) is 44.9. The van der Waals surface area contributed by atoms with Gasteiger partial charge in [0.1, 0.15) is 0 Å². The van der Waals surface area contributed by atoms with E-state index in [1.54, 1.807) is 0 Å². The number of fused-ring (bicyclic) bond motifs is 3. The fourth-order valence-electron chi connectivity index (χ4n) is 9.39. The Kier molecular flexibility index (Phi) is 9.82. The number of carbonyl (C=O) groups is 1. The summed E-state index contributed by atoms with van der Waals surface area (Å²) in [7, 11) is 0. The lowest BCUT2D eigenvalue weighted by molar-refractivity contribution is -0.195. The van der Waals surface area contributed by atoms with Crippen LogP contribution in [0, 0.1) is 46.8 Å². The van der Waals surface area contributed by atoms with Crippen molar-refractivity contribution in [2.45, 2.75) is 136 Å². The molecule has 5 nitrogen and oxygen atoms in total. The van der Waals surface area contributed by atoms with Gasteiger partial charge in [0.2, 0.25) is 0 Å². The number of hydrogen-bond acceptors (Lipinski definition) is 4. The zero-order valence-corrected chi connectivity index (χ0v) is 23.5. The van der Waals surface area contributed by atoms with Crippen molar-refractivity contribution >= 4 is 5.97 Å². The third-order valence-corrected chi connectivity index (χ3v) is 11.3. The standard InChI is InChI=1S/C31H54O5/c1-5-24-21(3)19-23(36-28-11-6-7-18-35-28)10-8-9-22-16-17-31(4)25(20(2)12-15-27(32)33)13-14-26(31)29(22)30(24)34/h20-26,28-30,34H,5-19H2,1-4H3,(H,32,33)/t20-,21+,22?,23-,24-,25?,26?,28?,29?,30-,31-/m1/s1. The zero-order chi connectivity index (χ0) is 25.9. The average Bonchev–Trinajstić information content (AvgIpc) is 3.20. The van der Waals surface area contributed by atoms with Gasteiger partial charge in [0.15, 0.2) is 6.29 Å². The number of carboxylic acid groups (broad SMARTS) is 1. The van der Waals surface area contributed by atoms with Gasteiger partial charge in [-0.3, -0.25) is 4.79 Å². The quantitative estimate of drug-likeness (QED) is 0.387. The summed E-state index contributed by atoms with van der Waals surface area (Å²) < 4.78 is 12.4. The van der Waals surface area contributed by atoms with Crippen molar-refractivity contribution in [3.8, 4) is 0 Å². The minimum absolute atomic E-state index is 0.0365. The molecule has 1 saturated heterocycles. The molecule has 3 aliphatic carbocycles. The Hall–Kier alpha value is -0.650. The van der Waals surface area contributed by atoms with Gasteiger partial charge in [-0.2, -0.15) is 0 Å². The maximum absolute atomic E-state index is 12.1. The summed E-state index contributed by atoms with van der Waals surface area (Å²) in [6.07, 6.45) is 14.7. The van der Waals surface area contributed by atoms with Gasteiger partial charge in [-0.1, -0.05) is 40.5 Å². The van der Waals surface area contributed by atoms with Crippen LogP contribution in [-0.4, -0.2) is 41.3 Å². The molecule has 5 unspecified atom stereocenters. The Labute approximate surface area is 220 Å². The Bertz CT molecular complexity index is 705. The van der Waals surface area contributed by atoms with E-state index in [-0.39, 0.29) is 30.3 Å². The van der Waals surface area contributed by atoms with E-state index in [1.165, 1.54) is 44.9 Å². The van der Waals surface area contributed by atoms with Crippen LogP contribution in [0.5, 0.6) is 0 Å². The smallest absolute Gasteiger partial charge is 0.303 e. The van der Waals surface area contributed by atoms with Crippen molar-refractivity contribution in [2.75, 3.05) is 6.61 Å². The van der Waals surface area contributed by atoms with Crippen LogP contribution in [0.15, 0.2) is 0 Å². The maximum atomic E-state index is 12.1. The Balaban J connectivity index is 1.49. The number of hydrogen-bond donors (Lipinski definition) is 2.